The lowest BCUT2D eigenvalue weighted by molar-refractivity contribution is 0.411. The first-order valence-electron chi connectivity index (χ1n) is 5.34. The molecule has 0 amide bonds. The Labute approximate surface area is 116 Å². The second kappa shape index (κ2) is 4.93. The van der Waals surface area contributed by atoms with Gasteiger partial charge in [-0.25, -0.2) is 9.36 Å². The molecule has 0 aliphatic rings. The highest BCUT2D eigenvalue weighted by Crippen LogP contribution is 2.28. The molecule has 100 valence electrons. The van der Waals surface area contributed by atoms with Gasteiger partial charge in [0.2, 0.25) is 5.88 Å². The van der Waals surface area contributed by atoms with E-state index in [9.17, 15) is 14.7 Å². The van der Waals surface area contributed by atoms with Gasteiger partial charge in [0.1, 0.15) is 5.75 Å². The molecule has 0 aliphatic carbocycles. The van der Waals surface area contributed by atoms with Crippen molar-refractivity contribution in [2.75, 3.05) is 7.11 Å². The molecule has 19 heavy (non-hydrogen) atoms. The lowest BCUT2D eigenvalue weighted by Gasteiger charge is -2.11. The molecule has 0 bridgehead atoms. The van der Waals surface area contributed by atoms with Gasteiger partial charge in [-0.3, -0.25) is 9.78 Å². The van der Waals surface area contributed by atoms with Gasteiger partial charge in [0.25, 0.3) is 5.56 Å². The van der Waals surface area contributed by atoms with Crippen LogP contribution in [0.2, 0.25) is 0 Å². The van der Waals surface area contributed by atoms with Crippen molar-refractivity contribution in [1.82, 2.24) is 9.55 Å². The van der Waals surface area contributed by atoms with Crippen molar-refractivity contribution in [3.05, 3.63) is 49.1 Å². The lowest BCUT2D eigenvalue weighted by Crippen LogP contribution is -2.30. The molecule has 1 heterocycles. The van der Waals surface area contributed by atoms with Crippen LogP contribution in [0.25, 0.3) is 5.69 Å². The lowest BCUT2D eigenvalue weighted by atomic mass is 10.3. The van der Waals surface area contributed by atoms with Crippen LogP contribution in [0.4, 0.5) is 0 Å². The normalized spacial score (nSPS) is 10.5. The Morgan fingerprint density at radius 2 is 2.05 bits per heavy atom. The topological polar surface area (TPSA) is 84.3 Å². The molecule has 0 atom stereocenters. The van der Waals surface area contributed by atoms with Crippen LogP contribution >= 0.6 is 15.9 Å². The summed E-state index contributed by atoms with van der Waals surface area (Å²) in [5.74, 6) is 0.211. The monoisotopic (exact) mass is 326 g/mol. The van der Waals surface area contributed by atoms with E-state index in [-0.39, 0.29) is 11.4 Å². The van der Waals surface area contributed by atoms with Crippen LogP contribution in [-0.2, 0) is 0 Å². The summed E-state index contributed by atoms with van der Waals surface area (Å²) >= 11 is 3.29. The van der Waals surface area contributed by atoms with Gasteiger partial charge in [0.05, 0.1) is 22.8 Å². The van der Waals surface area contributed by atoms with Crippen molar-refractivity contribution in [1.29, 1.82) is 0 Å². The molecule has 0 aliphatic heterocycles. The molecule has 0 spiro atoms. The first-order chi connectivity index (χ1) is 8.95. The highest BCUT2D eigenvalue weighted by atomic mass is 79.9. The van der Waals surface area contributed by atoms with Gasteiger partial charge in [-0.15, -0.1) is 0 Å². The number of methoxy groups -OCH3 is 1. The summed E-state index contributed by atoms with van der Waals surface area (Å²) in [5.41, 5.74) is -0.822. The predicted molar refractivity (Wildman–Crippen MR) is 73.3 cm³/mol. The molecule has 0 radical (unpaired) electrons. The van der Waals surface area contributed by atoms with Gasteiger partial charge >= 0.3 is 5.69 Å². The van der Waals surface area contributed by atoms with Gasteiger partial charge in [-0.2, -0.15) is 0 Å². The van der Waals surface area contributed by atoms with Crippen LogP contribution in [0.1, 0.15) is 5.56 Å². The maximum absolute atomic E-state index is 11.8. The number of nitrogens with one attached hydrogen (secondary N) is 1. The van der Waals surface area contributed by atoms with Crippen LogP contribution < -0.4 is 16.0 Å². The zero-order valence-corrected chi connectivity index (χ0v) is 11.8. The fourth-order valence-corrected chi connectivity index (χ4v) is 2.17. The smallest absolute Gasteiger partial charge is 0.335 e. The number of halogens is 1. The number of rotatable bonds is 2. The van der Waals surface area contributed by atoms with E-state index in [4.69, 9.17) is 4.74 Å². The zero-order valence-electron chi connectivity index (χ0n) is 10.2. The minimum Gasteiger partial charge on any atom is -0.496 e. The second-order valence-electron chi connectivity index (χ2n) is 3.86. The minimum absolute atomic E-state index is 0.0755. The van der Waals surface area contributed by atoms with Gasteiger partial charge in [0.15, 0.2) is 0 Å². The molecule has 1 aromatic carbocycles. The van der Waals surface area contributed by atoms with Crippen molar-refractivity contribution in [3.63, 3.8) is 0 Å². The van der Waals surface area contributed by atoms with Crippen LogP contribution in [0.5, 0.6) is 11.6 Å². The molecule has 2 rings (SSSR count). The Hall–Kier alpha value is -2.02. The molecule has 7 heteroatoms. The summed E-state index contributed by atoms with van der Waals surface area (Å²) in [6, 6.07) is 4.85. The molecule has 2 aromatic rings. The summed E-state index contributed by atoms with van der Waals surface area (Å²) < 4.78 is 6.73. The number of hydrogen-bond donors (Lipinski definition) is 2. The van der Waals surface area contributed by atoms with Gasteiger partial charge in [0, 0.05) is 0 Å². The summed E-state index contributed by atoms with van der Waals surface area (Å²) in [7, 11) is 1.52. The Morgan fingerprint density at radius 1 is 1.37 bits per heavy atom. The number of benzene rings is 1. The van der Waals surface area contributed by atoms with Gasteiger partial charge < -0.3 is 9.84 Å². The van der Waals surface area contributed by atoms with Crippen LogP contribution in [0.3, 0.4) is 0 Å². The summed E-state index contributed by atoms with van der Waals surface area (Å²) in [6.07, 6.45) is 0. The van der Waals surface area contributed by atoms with E-state index in [1.807, 2.05) is 0 Å². The average molecular weight is 327 g/mol. The van der Waals surface area contributed by atoms with Crippen LogP contribution in [0.15, 0.2) is 32.3 Å². The first kappa shape index (κ1) is 13.4. The van der Waals surface area contributed by atoms with Gasteiger partial charge in [-0.1, -0.05) is 0 Å². The largest absolute Gasteiger partial charge is 0.496 e. The highest BCUT2D eigenvalue weighted by molar-refractivity contribution is 9.10. The van der Waals surface area contributed by atoms with E-state index in [1.165, 1.54) is 14.0 Å². The van der Waals surface area contributed by atoms with E-state index in [0.717, 1.165) is 4.57 Å². The van der Waals surface area contributed by atoms with Crippen molar-refractivity contribution < 1.29 is 9.84 Å². The Bertz CT molecular complexity index is 748. The Morgan fingerprint density at radius 3 is 2.63 bits per heavy atom. The number of H-pyrrole nitrogens is 1. The predicted octanol–water partition coefficient (Wildman–Crippen LogP) is 1.31. The fourth-order valence-electron chi connectivity index (χ4n) is 1.65. The van der Waals surface area contributed by atoms with Crippen molar-refractivity contribution >= 4 is 15.9 Å². The van der Waals surface area contributed by atoms with E-state index < -0.39 is 11.2 Å². The molecule has 1 aromatic heterocycles. The SMILES string of the molecule is COc1ccc(-n2c(O)c(C)c(=O)[nH]c2=O)cc1Br. The summed E-state index contributed by atoms with van der Waals surface area (Å²) in [4.78, 5) is 25.3. The number of aromatic nitrogens is 2. The molecule has 0 unspecified atom stereocenters. The second-order valence-corrected chi connectivity index (χ2v) is 4.72. The van der Waals surface area contributed by atoms with Crippen molar-refractivity contribution in [3.8, 4) is 17.3 Å². The first-order valence-corrected chi connectivity index (χ1v) is 6.14. The summed E-state index contributed by atoms with van der Waals surface area (Å²) in [6.45, 7) is 1.43. The third kappa shape index (κ3) is 2.28. The fraction of sp³-hybridized carbons (Fsp3) is 0.167. The van der Waals surface area contributed by atoms with E-state index in [0.29, 0.717) is 15.9 Å². The van der Waals surface area contributed by atoms with Crippen molar-refractivity contribution in [2.45, 2.75) is 6.92 Å². The van der Waals surface area contributed by atoms with Crippen molar-refractivity contribution in [2.24, 2.45) is 0 Å². The van der Waals surface area contributed by atoms with Gasteiger partial charge in [-0.05, 0) is 41.1 Å². The molecule has 0 saturated heterocycles. The molecule has 6 nitrogen and oxygen atoms in total. The number of hydrogen-bond acceptors (Lipinski definition) is 4. The number of ether oxygens (including phenoxy) is 1. The molecule has 2 N–H and O–H groups in total. The molecular formula is C12H11BrN2O4. The third-order valence-corrected chi connectivity index (χ3v) is 3.32. The van der Waals surface area contributed by atoms with Crippen LogP contribution in [-0.4, -0.2) is 21.8 Å². The Balaban J connectivity index is 2.73. The zero-order chi connectivity index (χ0) is 14.2. The molecule has 0 saturated carbocycles. The number of aromatic hydroxyl groups is 1. The quantitative estimate of drug-likeness (QED) is 0.871. The maximum atomic E-state index is 11.8. The maximum Gasteiger partial charge on any atom is 0.335 e. The molecule has 0 fully saturated rings. The van der Waals surface area contributed by atoms with E-state index in [1.54, 1.807) is 18.2 Å². The highest BCUT2D eigenvalue weighted by Gasteiger charge is 2.13. The van der Waals surface area contributed by atoms with E-state index >= 15 is 0 Å². The average Bonchev–Trinajstić information content (AvgIpc) is 2.36. The minimum atomic E-state index is -0.704. The number of nitrogens with zero attached hydrogens (tertiary/aromatic N) is 1. The Kier molecular flexibility index (Phi) is 3.48. The van der Waals surface area contributed by atoms with Crippen LogP contribution in [0, 0.1) is 6.92 Å². The summed E-state index contributed by atoms with van der Waals surface area (Å²) in [5, 5.41) is 9.93. The third-order valence-electron chi connectivity index (χ3n) is 2.70. The van der Waals surface area contributed by atoms with E-state index in [2.05, 4.69) is 20.9 Å². The standard InChI is InChI=1S/C12H11BrN2O4/c1-6-10(16)14-12(18)15(11(6)17)7-3-4-9(19-2)8(13)5-7/h3-5,17H,1-2H3,(H,14,16,18). The number of aromatic amines is 1. The molecular weight excluding hydrogens is 316 g/mol.